The van der Waals surface area contributed by atoms with Crippen LogP contribution >= 0.6 is 0 Å². The van der Waals surface area contributed by atoms with Gasteiger partial charge in [0.1, 0.15) is 23.6 Å². The van der Waals surface area contributed by atoms with E-state index < -0.39 is 6.10 Å². The highest BCUT2D eigenvalue weighted by Gasteiger charge is 2.17. The number of halogens is 1. The fourth-order valence-electron chi connectivity index (χ4n) is 2.56. The van der Waals surface area contributed by atoms with Crippen molar-refractivity contribution in [2.45, 2.75) is 6.10 Å². The molecular formula is C18H14FN5O. The summed E-state index contributed by atoms with van der Waals surface area (Å²) >= 11 is 0. The number of aromatic nitrogens is 4. The third-order valence-electron chi connectivity index (χ3n) is 3.80. The minimum Gasteiger partial charge on any atom is -0.380 e. The average Bonchev–Trinajstić information content (AvgIpc) is 3.15. The monoisotopic (exact) mass is 335 g/mol. The molecule has 0 aliphatic carbocycles. The van der Waals surface area contributed by atoms with Crippen molar-refractivity contribution in [1.29, 1.82) is 0 Å². The summed E-state index contributed by atoms with van der Waals surface area (Å²) in [5, 5.41) is 14.5. The first kappa shape index (κ1) is 15.2. The molecule has 1 unspecified atom stereocenters. The van der Waals surface area contributed by atoms with Gasteiger partial charge in [0.2, 0.25) is 0 Å². The number of nitrogens with one attached hydrogen (secondary N) is 2. The van der Waals surface area contributed by atoms with Crippen LogP contribution in [0.2, 0.25) is 0 Å². The number of imidazole rings is 1. The van der Waals surface area contributed by atoms with Crippen LogP contribution in [0.1, 0.15) is 17.5 Å². The molecular weight excluding hydrogens is 321 g/mol. The van der Waals surface area contributed by atoms with E-state index in [0.717, 1.165) is 5.39 Å². The van der Waals surface area contributed by atoms with Crippen LogP contribution in [0, 0.1) is 5.82 Å². The molecule has 25 heavy (non-hydrogen) atoms. The molecule has 6 nitrogen and oxygen atoms in total. The Labute approximate surface area is 142 Å². The van der Waals surface area contributed by atoms with E-state index in [9.17, 15) is 9.50 Å². The Kier molecular flexibility index (Phi) is 3.83. The van der Waals surface area contributed by atoms with Gasteiger partial charge >= 0.3 is 0 Å². The largest absolute Gasteiger partial charge is 0.380 e. The molecule has 0 amide bonds. The maximum Gasteiger partial charge on any atom is 0.164 e. The maximum atomic E-state index is 13.1. The lowest BCUT2D eigenvalue weighted by molar-refractivity contribution is 0.210. The molecule has 124 valence electrons. The molecule has 2 heterocycles. The van der Waals surface area contributed by atoms with Crippen LogP contribution in [0.15, 0.2) is 61.1 Å². The number of hydrogen-bond acceptors (Lipinski definition) is 5. The summed E-state index contributed by atoms with van der Waals surface area (Å²) < 4.78 is 13.1. The number of benzene rings is 2. The van der Waals surface area contributed by atoms with Crippen LogP contribution in [0.4, 0.5) is 16.0 Å². The summed E-state index contributed by atoms with van der Waals surface area (Å²) in [6.07, 6.45) is 2.19. The molecule has 0 aliphatic rings. The molecule has 2 aromatic heterocycles. The van der Waals surface area contributed by atoms with Crippen LogP contribution < -0.4 is 5.32 Å². The Balaban J connectivity index is 1.80. The molecule has 0 saturated heterocycles. The van der Waals surface area contributed by atoms with E-state index in [4.69, 9.17) is 0 Å². The number of para-hydroxylation sites is 1. The Morgan fingerprint density at radius 2 is 1.84 bits per heavy atom. The predicted molar refractivity (Wildman–Crippen MR) is 91.9 cm³/mol. The minimum atomic E-state index is -1.06. The lowest BCUT2D eigenvalue weighted by atomic mass is 10.1. The zero-order valence-electron chi connectivity index (χ0n) is 13.0. The van der Waals surface area contributed by atoms with Crippen LogP contribution in [0.3, 0.4) is 0 Å². The summed E-state index contributed by atoms with van der Waals surface area (Å²) in [6.45, 7) is 0. The molecule has 4 aromatic rings. The molecule has 0 radical (unpaired) electrons. The quantitative estimate of drug-likeness (QED) is 0.532. The molecule has 0 saturated carbocycles. The lowest BCUT2D eigenvalue weighted by Crippen LogP contribution is -2.08. The molecule has 0 spiro atoms. The van der Waals surface area contributed by atoms with Crippen molar-refractivity contribution in [3.05, 3.63) is 78.3 Å². The highest BCUT2D eigenvalue weighted by atomic mass is 19.1. The van der Waals surface area contributed by atoms with E-state index in [2.05, 4.69) is 25.3 Å². The van der Waals surface area contributed by atoms with Crippen LogP contribution in [-0.2, 0) is 0 Å². The number of anilines is 2. The van der Waals surface area contributed by atoms with Gasteiger partial charge in [-0.05, 0) is 29.8 Å². The first-order valence-corrected chi connectivity index (χ1v) is 7.67. The van der Waals surface area contributed by atoms with Crippen molar-refractivity contribution in [1.82, 2.24) is 19.9 Å². The zero-order chi connectivity index (χ0) is 17.2. The second-order valence-electron chi connectivity index (χ2n) is 5.48. The SMILES string of the molecule is OC(c1ccc(F)cc1)c1nc(Nc2c[nH]cn2)c2ccccc2n1. The second kappa shape index (κ2) is 6.29. The van der Waals surface area contributed by atoms with Gasteiger partial charge in [-0.15, -0.1) is 0 Å². The van der Waals surface area contributed by atoms with Crippen molar-refractivity contribution in [3.63, 3.8) is 0 Å². The van der Waals surface area contributed by atoms with Gasteiger partial charge in [-0.1, -0.05) is 24.3 Å². The van der Waals surface area contributed by atoms with Crippen molar-refractivity contribution in [2.24, 2.45) is 0 Å². The van der Waals surface area contributed by atoms with Crippen molar-refractivity contribution < 1.29 is 9.50 Å². The third kappa shape index (κ3) is 3.05. The number of rotatable bonds is 4. The molecule has 7 heteroatoms. The molecule has 3 N–H and O–H groups in total. The number of nitrogens with zero attached hydrogens (tertiary/aromatic N) is 3. The van der Waals surface area contributed by atoms with Crippen molar-refractivity contribution in [2.75, 3.05) is 5.32 Å². The Morgan fingerprint density at radius 1 is 1.04 bits per heavy atom. The van der Waals surface area contributed by atoms with Gasteiger partial charge in [0.15, 0.2) is 5.82 Å². The van der Waals surface area contributed by atoms with E-state index in [1.54, 1.807) is 12.5 Å². The normalized spacial score (nSPS) is 12.2. The fraction of sp³-hybridized carbons (Fsp3) is 0.0556. The first-order valence-electron chi connectivity index (χ1n) is 7.67. The highest BCUT2D eigenvalue weighted by molar-refractivity contribution is 5.90. The molecule has 0 bridgehead atoms. The Hall–Kier alpha value is -3.32. The minimum absolute atomic E-state index is 0.225. The smallest absolute Gasteiger partial charge is 0.164 e. The average molecular weight is 335 g/mol. The summed E-state index contributed by atoms with van der Waals surface area (Å²) in [6, 6.07) is 13.1. The van der Waals surface area contributed by atoms with Gasteiger partial charge < -0.3 is 15.4 Å². The van der Waals surface area contributed by atoms with E-state index in [-0.39, 0.29) is 11.6 Å². The molecule has 0 aliphatic heterocycles. The van der Waals surface area contributed by atoms with Crippen molar-refractivity contribution in [3.8, 4) is 0 Å². The number of aromatic amines is 1. The van der Waals surface area contributed by atoms with Gasteiger partial charge in [-0.2, -0.15) is 0 Å². The second-order valence-corrected chi connectivity index (χ2v) is 5.48. The van der Waals surface area contributed by atoms with E-state index in [0.29, 0.717) is 22.7 Å². The Morgan fingerprint density at radius 3 is 2.60 bits per heavy atom. The van der Waals surface area contributed by atoms with E-state index >= 15 is 0 Å². The summed E-state index contributed by atoms with van der Waals surface area (Å²) in [4.78, 5) is 15.9. The van der Waals surface area contributed by atoms with Gasteiger partial charge in [-0.25, -0.2) is 19.3 Å². The fourth-order valence-corrected chi connectivity index (χ4v) is 2.56. The molecule has 0 fully saturated rings. The number of aliphatic hydroxyl groups is 1. The van der Waals surface area contributed by atoms with Crippen LogP contribution in [-0.4, -0.2) is 25.0 Å². The number of hydrogen-bond donors (Lipinski definition) is 3. The Bertz CT molecular complexity index is 1000. The number of fused-ring (bicyclic) bond motifs is 1. The molecule has 2 aromatic carbocycles. The van der Waals surface area contributed by atoms with Crippen LogP contribution in [0.5, 0.6) is 0 Å². The van der Waals surface area contributed by atoms with E-state index in [1.807, 2.05) is 24.3 Å². The van der Waals surface area contributed by atoms with E-state index in [1.165, 1.54) is 24.3 Å². The van der Waals surface area contributed by atoms with Gasteiger partial charge in [0.05, 0.1) is 11.8 Å². The molecule has 4 rings (SSSR count). The number of H-pyrrole nitrogens is 1. The maximum absolute atomic E-state index is 13.1. The van der Waals surface area contributed by atoms with Gasteiger partial charge in [0.25, 0.3) is 0 Å². The molecule has 1 atom stereocenters. The highest BCUT2D eigenvalue weighted by Crippen LogP contribution is 2.27. The van der Waals surface area contributed by atoms with Gasteiger partial charge in [0, 0.05) is 11.6 Å². The van der Waals surface area contributed by atoms with Crippen LogP contribution in [0.25, 0.3) is 10.9 Å². The summed E-state index contributed by atoms with van der Waals surface area (Å²) in [5.41, 5.74) is 1.20. The zero-order valence-corrected chi connectivity index (χ0v) is 13.0. The van der Waals surface area contributed by atoms with Gasteiger partial charge in [-0.3, -0.25) is 0 Å². The van der Waals surface area contributed by atoms with Crippen molar-refractivity contribution >= 4 is 22.5 Å². The summed E-state index contributed by atoms with van der Waals surface area (Å²) in [5.74, 6) is 1.000. The lowest BCUT2D eigenvalue weighted by Gasteiger charge is -2.13. The third-order valence-corrected chi connectivity index (χ3v) is 3.80. The predicted octanol–water partition coefficient (Wildman–Crippen LogP) is 3.32. The number of aliphatic hydroxyl groups excluding tert-OH is 1. The summed E-state index contributed by atoms with van der Waals surface area (Å²) in [7, 11) is 0. The topological polar surface area (TPSA) is 86.7 Å². The standard InChI is InChI=1S/C18H14FN5O/c19-12-7-5-11(6-8-12)16(25)18-22-14-4-2-1-3-13(14)17(24-18)23-15-9-20-10-21-15/h1-10,16,25H,(H,20,21)(H,22,23,24). The first-order chi connectivity index (χ1) is 12.2.